The van der Waals surface area contributed by atoms with Crippen LogP contribution in [-0.2, 0) is 0 Å². The van der Waals surface area contributed by atoms with Crippen LogP contribution >= 0.6 is 11.8 Å². The van der Waals surface area contributed by atoms with Crippen molar-refractivity contribution >= 4 is 16.9 Å². The SMILES string of the molecule is CCCCCCCCSC(N(CC)CC)=[N+](CC)CC. The van der Waals surface area contributed by atoms with E-state index in [1.165, 1.54) is 49.4 Å². The van der Waals surface area contributed by atoms with E-state index in [0.29, 0.717) is 0 Å². The van der Waals surface area contributed by atoms with E-state index < -0.39 is 0 Å². The molecule has 0 aliphatic heterocycles. The first-order valence-corrected chi connectivity index (χ1v) is 9.73. The highest BCUT2D eigenvalue weighted by molar-refractivity contribution is 8.13. The lowest BCUT2D eigenvalue weighted by atomic mass is 10.1. The van der Waals surface area contributed by atoms with Gasteiger partial charge in [0.2, 0.25) is 0 Å². The van der Waals surface area contributed by atoms with Crippen LogP contribution in [0.1, 0.15) is 73.1 Å². The van der Waals surface area contributed by atoms with Crippen molar-refractivity contribution in [2.24, 2.45) is 0 Å². The molecule has 20 heavy (non-hydrogen) atoms. The quantitative estimate of drug-likeness (QED) is 0.233. The maximum atomic E-state index is 2.51. The Hall–Kier alpha value is -0.180. The average Bonchev–Trinajstić information content (AvgIpc) is 2.48. The molecule has 0 fully saturated rings. The van der Waals surface area contributed by atoms with Crippen LogP contribution in [0.4, 0.5) is 0 Å². The summed E-state index contributed by atoms with van der Waals surface area (Å²) in [5.74, 6) is 1.27. The number of amidine groups is 1. The number of thioether (sulfide) groups is 1. The summed E-state index contributed by atoms with van der Waals surface area (Å²) in [6.45, 7) is 15.8. The number of hydrogen-bond acceptors (Lipinski definition) is 1. The minimum absolute atomic E-state index is 1.12. The summed E-state index contributed by atoms with van der Waals surface area (Å²) >= 11 is 2.07. The topological polar surface area (TPSA) is 6.25 Å². The van der Waals surface area contributed by atoms with Gasteiger partial charge in [-0.15, -0.1) is 0 Å². The Morgan fingerprint density at radius 2 is 1.35 bits per heavy atom. The molecule has 0 amide bonds. The van der Waals surface area contributed by atoms with E-state index in [4.69, 9.17) is 0 Å². The highest BCUT2D eigenvalue weighted by Crippen LogP contribution is 2.14. The molecule has 0 unspecified atom stereocenters. The van der Waals surface area contributed by atoms with E-state index in [0.717, 1.165) is 26.2 Å². The van der Waals surface area contributed by atoms with Gasteiger partial charge in [-0.1, -0.05) is 39.0 Å². The molecule has 0 rings (SSSR count). The van der Waals surface area contributed by atoms with Gasteiger partial charge in [-0.2, -0.15) is 0 Å². The van der Waals surface area contributed by atoms with Crippen LogP contribution in [0, 0.1) is 0 Å². The zero-order valence-electron chi connectivity index (χ0n) is 14.6. The van der Waals surface area contributed by atoms with Crippen molar-refractivity contribution in [2.75, 3.05) is 31.9 Å². The van der Waals surface area contributed by atoms with Gasteiger partial charge in [0, 0.05) is 5.75 Å². The van der Waals surface area contributed by atoms with Crippen LogP contribution in [-0.4, -0.2) is 46.6 Å². The van der Waals surface area contributed by atoms with Gasteiger partial charge in [0.15, 0.2) is 0 Å². The predicted octanol–water partition coefficient (Wildman–Crippen LogP) is 4.83. The number of rotatable bonds is 11. The number of nitrogens with zero attached hydrogens (tertiary/aromatic N) is 2. The van der Waals surface area contributed by atoms with Gasteiger partial charge in [-0.05, 0) is 45.9 Å². The number of hydrogen-bond donors (Lipinski definition) is 0. The molecule has 0 atom stereocenters. The maximum absolute atomic E-state index is 2.51. The molecule has 0 aromatic rings. The number of unbranched alkanes of at least 4 members (excludes halogenated alkanes) is 5. The largest absolute Gasteiger partial charge is 0.308 e. The lowest BCUT2D eigenvalue weighted by Crippen LogP contribution is -2.36. The van der Waals surface area contributed by atoms with E-state index >= 15 is 0 Å². The van der Waals surface area contributed by atoms with Gasteiger partial charge in [0.25, 0.3) is 0 Å². The van der Waals surface area contributed by atoms with E-state index in [2.05, 4.69) is 55.9 Å². The van der Waals surface area contributed by atoms with Crippen molar-refractivity contribution < 1.29 is 4.58 Å². The lowest BCUT2D eigenvalue weighted by Gasteiger charge is -2.19. The molecule has 0 spiro atoms. The third kappa shape index (κ3) is 8.18. The Morgan fingerprint density at radius 1 is 0.800 bits per heavy atom. The summed E-state index contributed by atoms with van der Waals surface area (Å²) in [6.07, 6.45) is 8.35. The van der Waals surface area contributed by atoms with Crippen molar-refractivity contribution in [1.29, 1.82) is 0 Å². The van der Waals surface area contributed by atoms with Crippen LogP contribution < -0.4 is 0 Å². The third-order valence-corrected chi connectivity index (χ3v) is 5.06. The Balaban J connectivity index is 4.21. The van der Waals surface area contributed by atoms with Crippen LogP contribution in [0.5, 0.6) is 0 Å². The van der Waals surface area contributed by atoms with Crippen molar-refractivity contribution in [2.45, 2.75) is 73.1 Å². The molecule has 0 aromatic heterocycles. The van der Waals surface area contributed by atoms with E-state index in [-0.39, 0.29) is 0 Å². The fraction of sp³-hybridized carbons (Fsp3) is 0.941. The molecule has 3 heteroatoms. The molecule has 0 bridgehead atoms. The summed E-state index contributed by atoms with van der Waals surface area (Å²) in [7, 11) is 0. The van der Waals surface area contributed by atoms with Crippen molar-refractivity contribution in [3.05, 3.63) is 0 Å². The molecule has 0 heterocycles. The summed E-state index contributed by atoms with van der Waals surface area (Å²) in [5.41, 5.74) is 0. The van der Waals surface area contributed by atoms with Gasteiger partial charge in [-0.25, -0.2) is 0 Å². The molecular weight excluding hydrogens is 264 g/mol. The Morgan fingerprint density at radius 3 is 1.85 bits per heavy atom. The molecule has 2 nitrogen and oxygen atoms in total. The molecule has 0 radical (unpaired) electrons. The summed E-state index contributed by atoms with van der Waals surface area (Å²) in [6, 6.07) is 0. The van der Waals surface area contributed by atoms with Crippen molar-refractivity contribution in [3.8, 4) is 0 Å². The fourth-order valence-electron chi connectivity index (χ4n) is 2.42. The minimum Gasteiger partial charge on any atom is -0.257 e. The fourth-order valence-corrected chi connectivity index (χ4v) is 3.83. The first kappa shape index (κ1) is 19.8. The highest BCUT2D eigenvalue weighted by atomic mass is 32.2. The second-order valence-electron chi connectivity index (χ2n) is 5.24. The van der Waals surface area contributed by atoms with Crippen molar-refractivity contribution in [1.82, 2.24) is 4.90 Å². The first-order valence-electron chi connectivity index (χ1n) is 8.74. The lowest BCUT2D eigenvalue weighted by molar-refractivity contribution is -0.522. The molecule has 0 saturated heterocycles. The monoisotopic (exact) mass is 301 g/mol. The highest BCUT2D eigenvalue weighted by Gasteiger charge is 2.19. The Bertz CT molecular complexity index is 241. The molecule has 120 valence electrons. The maximum Gasteiger partial charge on any atom is 0.308 e. The smallest absolute Gasteiger partial charge is 0.257 e. The van der Waals surface area contributed by atoms with Crippen LogP contribution in [0.25, 0.3) is 0 Å². The van der Waals surface area contributed by atoms with E-state index in [1.807, 2.05) is 0 Å². The summed E-state index contributed by atoms with van der Waals surface area (Å²) in [4.78, 5) is 2.51. The average molecular weight is 302 g/mol. The van der Waals surface area contributed by atoms with Gasteiger partial charge >= 0.3 is 5.17 Å². The molecule has 0 aromatic carbocycles. The van der Waals surface area contributed by atoms with Crippen LogP contribution in [0.15, 0.2) is 0 Å². The van der Waals surface area contributed by atoms with E-state index in [9.17, 15) is 0 Å². The molecular formula is C17H37N2S+. The first-order chi connectivity index (χ1) is 9.74. The zero-order chi connectivity index (χ0) is 15.2. The molecule has 0 aliphatic carbocycles. The predicted molar refractivity (Wildman–Crippen MR) is 95.1 cm³/mol. The summed E-state index contributed by atoms with van der Waals surface area (Å²) in [5, 5.41) is 1.49. The van der Waals surface area contributed by atoms with Gasteiger partial charge in [-0.3, -0.25) is 9.48 Å². The second kappa shape index (κ2) is 13.8. The van der Waals surface area contributed by atoms with Crippen LogP contribution in [0.2, 0.25) is 0 Å². The third-order valence-electron chi connectivity index (χ3n) is 3.80. The van der Waals surface area contributed by atoms with Crippen molar-refractivity contribution in [3.63, 3.8) is 0 Å². The minimum atomic E-state index is 1.12. The molecule has 0 N–H and O–H groups in total. The standard InChI is InChI=1S/C17H37N2S/c1-6-11-12-13-14-15-16-20-17(18(7-2)8-3)19(9-4)10-5/h6-16H2,1-5H3/q+1. The zero-order valence-corrected chi connectivity index (χ0v) is 15.4. The Kier molecular flexibility index (Phi) is 13.7. The summed E-state index contributed by atoms with van der Waals surface area (Å²) < 4.78 is 2.51. The van der Waals surface area contributed by atoms with Crippen LogP contribution in [0.3, 0.4) is 0 Å². The Labute approximate surface area is 132 Å². The van der Waals surface area contributed by atoms with Gasteiger partial charge < -0.3 is 0 Å². The second-order valence-corrected chi connectivity index (χ2v) is 6.31. The molecule has 0 saturated carbocycles. The normalized spacial score (nSPS) is 10.7. The van der Waals surface area contributed by atoms with Gasteiger partial charge in [0.05, 0.1) is 26.2 Å². The van der Waals surface area contributed by atoms with E-state index in [1.54, 1.807) is 0 Å². The molecule has 0 aliphatic rings. The van der Waals surface area contributed by atoms with Gasteiger partial charge in [0.1, 0.15) is 0 Å².